The molecule has 2 aromatic rings. The zero-order valence-corrected chi connectivity index (χ0v) is 11.3. The molecule has 20 heavy (non-hydrogen) atoms. The van der Waals surface area contributed by atoms with Crippen LogP contribution < -0.4 is 11.1 Å². The molecule has 9 heteroatoms. The molecule has 0 aliphatic rings. The van der Waals surface area contributed by atoms with Gasteiger partial charge in [-0.1, -0.05) is 0 Å². The highest BCUT2D eigenvalue weighted by atomic mass is 32.1. The van der Waals surface area contributed by atoms with Crippen LogP contribution in [0.25, 0.3) is 0 Å². The molecule has 1 amide bonds. The number of rotatable bonds is 4. The van der Waals surface area contributed by atoms with E-state index >= 15 is 0 Å². The third-order valence-corrected chi connectivity index (χ3v) is 3.35. The highest BCUT2D eigenvalue weighted by Gasteiger charge is 2.21. The van der Waals surface area contributed by atoms with Gasteiger partial charge in [-0.2, -0.15) is 0 Å². The zero-order chi connectivity index (χ0) is 14.7. The molecule has 0 saturated carbocycles. The lowest BCUT2D eigenvalue weighted by Crippen LogP contribution is -2.23. The van der Waals surface area contributed by atoms with E-state index in [-0.39, 0.29) is 23.6 Å². The number of amides is 1. The SMILES string of the molecule is Cc1ncc(CNC(=O)c2cc(N)ncc2[N+](=O)[O-])s1. The predicted molar refractivity (Wildman–Crippen MR) is 73.3 cm³/mol. The van der Waals surface area contributed by atoms with E-state index in [0.717, 1.165) is 16.1 Å². The van der Waals surface area contributed by atoms with Gasteiger partial charge in [0.2, 0.25) is 0 Å². The van der Waals surface area contributed by atoms with E-state index in [2.05, 4.69) is 15.3 Å². The molecule has 0 saturated heterocycles. The molecular weight excluding hydrogens is 282 g/mol. The lowest BCUT2D eigenvalue weighted by molar-refractivity contribution is -0.385. The molecule has 104 valence electrons. The van der Waals surface area contributed by atoms with Gasteiger partial charge in [0.25, 0.3) is 11.6 Å². The van der Waals surface area contributed by atoms with Crippen LogP contribution in [-0.4, -0.2) is 20.8 Å². The van der Waals surface area contributed by atoms with Crippen LogP contribution in [0.2, 0.25) is 0 Å². The van der Waals surface area contributed by atoms with E-state index in [9.17, 15) is 14.9 Å². The molecule has 8 nitrogen and oxygen atoms in total. The number of anilines is 1. The highest BCUT2D eigenvalue weighted by Crippen LogP contribution is 2.19. The summed E-state index contributed by atoms with van der Waals surface area (Å²) < 4.78 is 0. The fourth-order valence-electron chi connectivity index (χ4n) is 1.54. The third kappa shape index (κ3) is 3.06. The van der Waals surface area contributed by atoms with Gasteiger partial charge >= 0.3 is 0 Å². The van der Waals surface area contributed by atoms with Crippen molar-refractivity contribution in [3.8, 4) is 0 Å². The van der Waals surface area contributed by atoms with Gasteiger partial charge in [0, 0.05) is 11.1 Å². The number of nitrogen functional groups attached to an aromatic ring is 1. The molecule has 2 heterocycles. The first-order valence-corrected chi connectivity index (χ1v) is 6.38. The maximum atomic E-state index is 12.0. The predicted octanol–water partition coefficient (Wildman–Crippen LogP) is 1.27. The van der Waals surface area contributed by atoms with Crippen LogP contribution in [0.5, 0.6) is 0 Å². The Bertz CT molecular complexity index is 670. The van der Waals surface area contributed by atoms with Gasteiger partial charge < -0.3 is 11.1 Å². The monoisotopic (exact) mass is 293 g/mol. The molecule has 0 radical (unpaired) electrons. The summed E-state index contributed by atoms with van der Waals surface area (Å²) in [7, 11) is 0. The van der Waals surface area contributed by atoms with E-state index in [1.165, 1.54) is 17.4 Å². The van der Waals surface area contributed by atoms with Gasteiger partial charge in [0.1, 0.15) is 17.6 Å². The Labute approximate surface area is 117 Å². The number of carbonyl (C=O) groups is 1. The van der Waals surface area contributed by atoms with E-state index < -0.39 is 10.8 Å². The summed E-state index contributed by atoms with van der Waals surface area (Å²) in [6, 6.07) is 1.19. The molecule has 3 N–H and O–H groups in total. The maximum Gasteiger partial charge on any atom is 0.300 e. The van der Waals surface area contributed by atoms with Crippen LogP contribution in [0.15, 0.2) is 18.5 Å². The Kier molecular flexibility index (Phi) is 3.89. The molecule has 0 aromatic carbocycles. The van der Waals surface area contributed by atoms with E-state index in [1.54, 1.807) is 6.20 Å². The zero-order valence-electron chi connectivity index (χ0n) is 10.5. The molecular formula is C11H11N5O3S. The van der Waals surface area contributed by atoms with Crippen molar-refractivity contribution in [2.24, 2.45) is 0 Å². The second kappa shape index (κ2) is 5.61. The minimum absolute atomic E-state index is 0.0504. The van der Waals surface area contributed by atoms with Crippen LogP contribution >= 0.6 is 11.3 Å². The Balaban J connectivity index is 2.16. The number of aryl methyl sites for hydroxylation is 1. The molecule has 2 aromatic heterocycles. The molecule has 0 aliphatic carbocycles. The minimum atomic E-state index is -0.668. The molecule has 0 spiro atoms. The normalized spacial score (nSPS) is 10.2. The van der Waals surface area contributed by atoms with Gasteiger partial charge in [-0.05, 0) is 13.0 Å². The van der Waals surface area contributed by atoms with Gasteiger partial charge in [-0.25, -0.2) is 9.97 Å². The van der Waals surface area contributed by atoms with Crippen molar-refractivity contribution in [2.75, 3.05) is 5.73 Å². The van der Waals surface area contributed by atoms with Crippen LogP contribution in [-0.2, 0) is 6.54 Å². The summed E-state index contributed by atoms with van der Waals surface area (Å²) in [5, 5.41) is 14.3. The van der Waals surface area contributed by atoms with Crippen LogP contribution in [0, 0.1) is 17.0 Å². The number of nitrogens with one attached hydrogen (secondary N) is 1. The van der Waals surface area contributed by atoms with Gasteiger partial charge in [0.05, 0.1) is 16.5 Å². The number of aromatic nitrogens is 2. The number of nitrogens with two attached hydrogens (primary N) is 1. The number of nitro groups is 1. The first-order valence-electron chi connectivity index (χ1n) is 5.57. The topological polar surface area (TPSA) is 124 Å². The van der Waals surface area contributed by atoms with Crippen molar-refractivity contribution in [1.29, 1.82) is 0 Å². The Morgan fingerprint density at radius 2 is 2.25 bits per heavy atom. The fourth-order valence-corrected chi connectivity index (χ4v) is 2.28. The summed E-state index contributed by atoms with van der Waals surface area (Å²) in [6.07, 6.45) is 2.62. The number of carbonyl (C=O) groups excluding carboxylic acids is 1. The minimum Gasteiger partial charge on any atom is -0.384 e. The Morgan fingerprint density at radius 3 is 2.85 bits per heavy atom. The van der Waals surface area contributed by atoms with Crippen molar-refractivity contribution in [2.45, 2.75) is 13.5 Å². The standard InChI is InChI=1S/C11H11N5O3S/c1-6-13-3-7(20-6)4-15-11(17)8-2-10(12)14-5-9(8)16(18)19/h2-3,5H,4H2,1H3,(H2,12,14)(H,15,17). The summed E-state index contributed by atoms with van der Waals surface area (Å²) in [5.74, 6) is -0.522. The smallest absolute Gasteiger partial charge is 0.300 e. The molecule has 0 fully saturated rings. The summed E-state index contributed by atoms with van der Waals surface area (Å²) in [4.78, 5) is 30.7. The maximum absolute atomic E-state index is 12.0. The van der Waals surface area contributed by atoms with Crippen LogP contribution in [0.3, 0.4) is 0 Å². The summed E-state index contributed by atoms with van der Waals surface area (Å²) in [5.41, 5.74) is 4.97. The molecule has 0 bridgehead atoms. The quantitative estimate of drug-likeness (QED) is 0.646. The molecule has 0 aliphatic heterocycles. The first kappa shape index (κ1) is 13.9. The highest BCUT2D eigenvalue weighted by molar-refractivity contribution is 7.11. The van der Waals surface area contributed by atoms with E-state index in [4.69, 9.17) is 5.73 Å². The van der Waals surface area contributed by atoms with Crippen LogP contribution in [0.1, 0.15) is 20.2 Å². The van der Waals surface area contributed by atoms with E-state index in [1.807, 2.05) is 6.92 Å². The van der Waals surface area contributed by atoms with Crippen molar-refractivity contribution in [3.05, 3.63) is 44.0 Å². The van der Waals surface area contributed by atoms with Crippen molar-refractivity contribution >= 4 is 28.7 Å². The lowest BCUT2D eigenvalue weighted by Gasteiger charge is -2.04. The van der Waals surface area contributed by atoms with E-state index in [0.29, 0.717) is 0 Å². The number of hydrogen-bond donors (Lipinski definition) is 2. The second-order valence-corrected chi connectivity index (χ2v) is 5.23. The van der Waals surface area contributed by atoms with Crippen molar-refractivity contribution in [3.63, 3.8) is 0 Å². The average molecular weight is 293 g/mol. The fraction of sp³-hybridized carbons (Fsp3) is 0.182. The van der Waals surface area contributed by atoms with Crippen molar-refractivity contribution in [1.82, 2.24) is 15.3 Å². The Hall–Kier alpha value is -2.55. The molecule has 0 atom stereocenters. The van der Waals surface area contributed by atoms with Gasteiger partial charge in [-0.15, -0.1) is 11.3 Å². The van der Waals surface area contributed by atoms with Gasteiger partial charge in [-0.3, -0.25) is 14.9 Å². The average Bonchev–Trinajstić information content (AvgIpc) is 2.81. The summed E-state index contributed by atoms with van der Waals surface area (Å²) >= 11 is 1.44. The molecule has 2 rings (SSSR count). The van der Waals surface area contributed by atoms with Gasteiger partial charge in [0.15, 0.2) is 0 Å². The molecule has 0 unspecified atom stereocenters. The number of thiazole rings is 1. The Morgan fingerprint density at radius 1 is 1.50 bits per heavy atom. The lowest BCUT2D eigenvalue weighted by atomic mass is 10.2. The third-order valence-electron chi connectivity index (χ3n) is 2.44. The van der Waals surface area contributed by atoms with Crippen LogP contribution in [0.4, 0.5) is 11.5 Å². The summed E-state index contributed by atoms with van der Waals surface area (Å²) in [6.45, 7) is 2.11. The largest absolute Gasteiger partial charge is 0.384 e. The number of hydrogen-bond acceptors (Lipinski definition) is 7. The number of nitrogens with zero attached hydrogens (tertiary/aromatic N) is 3. The second-order valence-electron chi connectivity index (χ2n) is 3.91. The first-order chi connectivity index (χ1) is 9.47. The van der Waals surface area contributed by atoms with Crippen molar-refractivity contribution < 1.29 is 9.72 Å². The number of pyridine rings is 1.